The highest BCUT2D eigenvalue weighted by atomic mass is 16.2. The molecule has 3 rings (SSSR count). The third-order valence-corrected chi connectivity index (χ3v) is 4.62. The van der Waals surface area contributed by atoms with Crippen molar-refractivity contribution < 1.29 is 4.79 Å². The van der Waals surface area contributed by atoms with Gasteiger partial charge in [0.05, 0.1) is 5.41 Å². The summed E-state index contributed by atoms with van der Waals surface area (Å²) in [5, 5.41) is 3.11. The summed E-state index contributed by atoms with van der Waals surface area (Å²) in [7, 11) is 0. The van der Waals surface area contributed by atoms with Crippen molar-refractivity contribution in [3.63, 3.8) is 0 Å². The molecule has 2 aliphatic rings. The van der Waals surface area contributed by atoms with Crippen LogP contribution >= 0.6 is 0 Å². The van der Waals surface area contributed by atoms with E-state index in [1.165, 1.54) is 43.2 Å². The molecule has 1 aromatic carbocycles. The molecule has 2 nitrogen and oxygen atoms in total. The van der Waals surface area contributed by atoms with Crippen LogP contribution in [0.1, 0.15) is 63.0 Å². The van der Waals surface area contributed by atoms with Crippen molar-refractivity contribution in [3.8, 4) is 0 Å². The minimum atomic E-state index is -0.375. The molecule has 0 unspecified atom stereocenters. The summed E-state index contributed by atoms with van der Waals surface area (Å²) >= 11 is 0. The van der Waals surface area contributed by atoms with Gasteiger partial charge in [-0.3, -0.25) is 4.79 Å². The molecule has 1 fully saturated rings. The van der Waals surface area contributed by atoms with E-state index in [-0.39, 0.29) is 11.3 Å². The normalized spacial score (nSPS) is 22.7. The molecule has 1 aromatic rings. The van der Waals surface area contributed by atoms with Crippen LogP contribution in [0.25, 0.3) is 0 Å². The number of carbonyl (C=O) groups excluding carboxylic acids is 1. The molecule has 0 atom stereocenters. The van der Waals surface area contributed by atoms with E-state index >= 15 is 0 Å². The minimum absolute atomic E-state index is 0.140. The second-order valence-corrected chi connectivity index (χ2v) is 6.18. The quantitative estimate of drug-likeness (QED) is 0.794. The van der Waals surface area contributed by atoms with Gasteiger partial charge in [-0.1, -0.05) is 37.5 Å². The molecular weight excluding hydrogens is 222 g/mol. The van der Waals surface area contributed by atoms with Crippen molar-refractivity contribution in [2.45, 2.75) is 57.3 Å². The highest BCUT2D eigenvalue weighted by molar-refractivity contribution is 6.06. The van der Waals surface area contributed by atoms with E-state index in [0.717, 1.165) is 5.69 Å². The first kappa shape index (κ1) is 11.8. The zero-order valence-electron chi connectivity index (χ0n) is 11.3. The van der Waals surface area contributed by atoms with Crippen molar-refractivity contribution in [2.24, 2.45) is 0 Å². The van der Waals surface area contributed by atoms with Gasteiger partial charge in [0.15, 0.2) is 0 Å². The van der Waals surface area contributed by atoms with E-state index in [9.17, 15) is 4.79 Å². The molecule has 0 spiro atoms. The summed E-state index contributed by atoms with van der Waals surface area (Å²) in [5.41, 5.74) is 3.28. The number of hydrogen-bond acceptors (Lipinski definition) is 1. The fourth-order valence-corrected chi connectivity index (χ4v) is 3.38. The fraction of sp³-hybridized carbons (Fsp3) is 0.562. The van der Waals surface area contributed by atoms with Crippen LogP contribution in [0.2, 0.25) is 0 Å². The number of amides is 1. The average Bonchev–Trinajstić information content (AvgIpc) is 2.62. The van der Waals surface area contributed by atoms with E-state index in [1.54, 1.807) is 0 Å². The number of carbonyl (C=O) groups is 1. The van der Waals surface area contributed by atoms with Crippen LogP contribution < -0.4 is 5.32 Å². The van der Waals surface area contributed by atoms with Crippen LogP contribution in [-0.2, 0) is 10.2 Å². The van der Waals surface area contributed by atoms with E-state index < -0.39 is 0 Å². The van der Waals surface area contributed by atoms with Crippen LogP contribution in [0.4, 0.5) is 5.69 Å². The third kappa shape index (κ3) is 1.66. The molecule has 1 aliphatic heterocycles. The molecule has 1 saturated carbocycles. The summed E-state index contributed by atoms with van der Waals surface area (Å²) in [6.07, 6.45) is 6.56. The molecule has 1 heterocycles. The van der Waals surface area contributed by atoms with Gasteiger partial charge in [-0.05, 0) is 43.7 Å². The Balaban J connectivity index is 2.04. The van der Waals surface area contributed by atoms with Crippen LogP contribution in [0, 0.1) is 0 Å². The summed E-state index contributed by atoms with van der Waals surface area (Å²) in [6, 6.07) is 6.42. The summed E-state index contributed by atoms with van der Waals surface area (Å²) < 4.78 is 0. The average molecular weight is 243 g/mol. The Morgan fingerprint density at radius 1 is 1.17 bits per heavy atom. The topological polar surface area (TPSA) is 29.1 Å². The van der Waals surface area contributed by atoms with Gasteiger partial charge in [0.1, 0.15) is 0 Å². The Morgan fingerprint density at radius 2 is 1.89 bits per heavy atom. The molecule has 0 radical (unpaired) electrons. The molecule has 2 heteroatoms. The largest absolute Gasteiger partial charge is 0.325 e. The molecule has 96 valence electrons. The Bertz CT molecular complexity index is 484. The number of fused-ring (bicyclic) bond motifs is 1. The molecular formula is C16H21NO. The molecule has 18 heavy (non-hydrogen) atoms. The lowest BCUT2D eigenvalue weighted by Crippen LogP contribution is -2.26. The monoisotopic (exact) mass is 243 g/mol. The van der Waals surface area contributed by atoms with Gasteiger partial charge in [0.2, 0.25) is 5.91 Å². The number of anilines is 1. The van der Waals surface area contributed by atoms with Crippen LogP contribution in [0.5, 0.6) is 0 Å². The zero-order chi connectivity index (χ0) is 12.8. The Hall–Kier alpha value is -1.31. The van der Waals surface area contributed by atoms with Crippen molar-refractivity contribution in [1.82, 2.24) is 0 Å². The third-order valence-electron chi connectivity index (χ3n) is 4.62. The number of nitrogens with one attached hydrogen (secondary N) is 1. The maximum Gasteiger partial charge on any atom is 0.234 e. The van der Waals surface area contributed by atoms with Gasteiger partial charge in [-0.25, -0.2) is 0 Å². The first-order valence-corrected chi connectivity index (χ1v) is 7.05. The van der Waals surface area contributed by atoms with Gasteiger partial charge in [-0.2, -0.15) is 0 Å². The minimum Gasteiger partial charge on any atom is -0.325 e. The van der Waals surface area contributed by atoms with Crippen molar-refractivity contribution in [3.05, 3.63) is 29.3 Å². The number of rotatable bonds is 1. The number of benzene rings is 1. The maximum absolute atomic E-state index is 12.1. The zero-order valence-corrected chi connectivity index (χ0v) is 11.3. The fourth-order valence-electron chi connectivity index (χ4n) is 3.38. The van der Waals surface area contributed by atoms with Crippen LogP contribution in [0.3, 0.4) is 0 Å². The van der Waals surface area contributed by atoms with Gasteiger partial charge in [0.25, 0.3) is 0 Å². The van der Waals surface area contributed by atoms with Crippen LogP contribution in [0.15, 0.2) is 18.2 Å². The maximum atomic E-state index is 12.1. The van der Waals surface area contributed by atoms with Gasteiger partial charge in [-0.15, -0.1) is 0 Å². The lowest BCUT2D eigenvalue weighted by atomic mass is 9.80. The second-order valence-electron chi connectivity index (χ2n) is 6.18. The first-order chi connectivity index (χ1) is 8.60. The second kappa shape index (κ2) is 4.11. The van der Waals surface area contributed by atoms with Gasteiger partial charge in [0, 0.05) is 5.69 Å². The molecule has 1 amide bonds. The lowest BCUT2D eigenvalue weighted by molar-refractivity contribution is -0.119. The van der Waals surface area contributed by atoms with E-state index in [4.69, 9.17) is 0 Å². The first-order valence-electron chi connectivity index (χ1n) is 7.05. The lowest BCUT2D eigenvalue weighted by Gasteiger charge is -2.24. The predicted molar refractivity (Wildman–Crippen MR) is 73.9 cm³/mol. The molecule has 0 aromatic heterocycles. The van der Waals surface area contributed by atoms with E-state index in [0.29, 0.717) is 5.92 Å². The standard InChI is InChI=1S/C16H21NO/c1-16(2)13-10-6-9-12(14(13)17-15(16)18)11-7-4-3-5-8-11/h6,9-11H,3-5,7-8H2,1-2H3,(H,17,18). The number of hydrogen-bond donors (Lipinski definition) is 1. The molecule has 0 bridgehead atoms. The summed E-state index contributed by atoms with van der Waals surface area (Å²) in [5.74, 6) is 0.781. The Morgan fingerprint density at radius 3 is 2.61 bits per heavy atom. The number of para-hydroxylation sites is 1. The van der Waals surface area contributed by atoms with Crippen molar-refractivity contribution >= 4 is 11.6 Å². The van der Waals surface area contributed by atoms with Crippen LogP contribution in [-0.4, -0.2) is 5.91 Å². The van der Waals surface area contributed by atoms with E-state index in [1.807, 2.05) is 13.8 Å². The van der Waals surface area contributed by atoms with Crippen molar-refractivity contribution in [2.75, 3.05) is 5.32 Å². The summed E-state index contributed by atoms with van der Waals surface area (Å²) in [4.78, 5) is 12.1. The predicted octanol–water partition coefficient (Wildman–Crippen LogP) is 3.96. The summed E-state index contributed by atoms with van der Waals surface area (Å²) in [6.45, 7) is 4.03. The molecule has 1 N–H and O–H groups in total. The Kier molecular flexibility index (Phi) is 2.69. The van der Waals surface area contributed by atoms with Crippen molar-refractivity contribution in [1.29, 1.82) is 0 Å². The Labute approximate surface area is 109 Å². The van der Waals surface area contributed by atoms with Gasteiger partial charge >= 0.3 is 0 Å². The highest BCUT2D eigenvalue weighted by Gasteiger charge is 2.40. The smallest absolute Gasteiger partial charge is 0.234 e. The molecule has 0 saturated heterocycles. The molecule has 1 aliphatic carbocycles. The highest BCUT2D eigenvalue weighted by Crippen LogP contribution is 2.44. The van der Waals surface area contributed by atoms with E-state index in [2.05, 4.69) is 23.5 Å². The van der Waals surface area contributed by atoms with Gasteiger partial charge < -0.3 is 5.32 Å². The SMILES string of the molecule is CC1(C)C(=O)Nc2c(C3CCCCC3)cccc21.